The van der Waals surface area contributed by atoms with E-state index in [1.165, 1.54) is 0 Å². The smallest absolute Gasteiger partial charge is 0.862 e. The van der Waals surface area contributed by atoms with E-state index in [4.69, 9.17) is 15.2 Å². The molecule has 0 fully saturated rings. The molecule has 0 aliphatic rings. The fourth-order valence-electron chi connectivity index (χ4n) is 7.12. The van der Waals surface area contributed by atoms with E-state index in [9.17, 15) is 44.4 Å². The number of hydrogen-bond acceptors (Lipinski definition) is 16. The second-order valence-corrected chi connectivity index (χ2v) is 14.5. The van der Waals surface area contributed by atoms with Crippen molar-refractivity contribution in [1.29, 1.82) is 0 Å². The number of rotatable bonds is 28. The Morgan fingerprint density at radius 1 is 0.585 bits per heavy atom. The van der Waals surface area contributed by atoms with Crippen molar-refractivity contribution in [3.8, 4) is 0 Å². The van der Waals surface area contributed by atoms with Gasteiger partial charge < -0.3 is 70.2 Å². The van der Waals surface area contributed by atoms with Crippen LogP contribution in [0.3, 0.4) is 0 Å². The van der Waals surface area contributed by atoms with Crippen LogP contribution in [0.4, 0.5) is 5.69 Å². The number of benzene rings is 3. The number of carbonyl (C=O) groups excluding carboxylic acids is 2. The summed E-state index contributed by atoms with van der Waals surface area (Å²) in [6.45, 7) is 1.91. The van der Waals surface area contributed by atoms with Gasteiger partial charge in [-0.15, -0.1) is 0 Å². The molecule has 0 unspecified atom stereocenters. The number of carbonyl (C=O) groups is 4. The molecule has 5 rings (SSSR count). The molecule has 0 saturated carbocycles. The zero-order valence-electron chi connectivity index (χ0n) is 37.6. The Morgan fingerprint density at radius 3 is 1.62 bits per heavy atom. The van der Waals surface area contributed by atoms with E-state index < -0.39 is 35.7 Å². The summed E-state index contributed by atoms with van der Waals surface area (Å²) < 4.78 is 1.64. The topological polar surface area (TPSA) is 282 Å². The normalized spacial score (nSPS) is 11.7. The van der Waals surface area contributed by atoms with Crippen LogP contribution in [0, 0.1) is 0 Å². The van der Waals surface area contributed by atoms with E-state index in [0.29, 0.717) is 29.6 Å². The molecule has 0 amide bonds. The number of fused-ring (bicyclic) bond motifs is 4. The fraction of sp³-hybridized carbons (Fsp3) is 0.429. The molecule has 3 N–H and O–H groups in total. The van der Waals surface area contributed by atoms with Crippen molar-refractivity contribution in [2.45, 2.75) is 38.5 Å². The molecule has 65 heavy (non-hydrogen) atoms. The Labute approximate surface area is 463 Å². The number of aliphatic carboxylic acids is 4. The van der Waals surface area contributed by atoms with Gasteiger partial charge >= 0.3 is 130 Å². The van der Waals surface area contributed by atoms with Gasteiger partial charge in [-0.3, -0.25) is 18.8 Å². The zero-order valence-corrected chi connectivity index (χ0v) is 45.6. The van der Waals surface area contributed by atoms with E-state index in [0.717, 1.165) is 27.4 Å². The fourth-order valence-corrected chi connectivity index (χ4v) is 7.12. The molecule has 0 atom stereocenters. The number of carboxylic acid groups (broad SMARTS) is 4. The summed E-state index contributed by atoms with van der Waals surface area (Å²) in [5, 5.41) is 72.2. The van der Waals surface area contributed by atoms with Gasteiger partial charge in [-0.25, -0.2) is 4.98 Å². The number of hydrogen-bond donors (Lipinski definition) is 3. The van der Waals surface area contributed by atoms with Crippen molar-refractivity contribution in [1.82, 2.24) is 24.1 Å². The first-order chi connectivity index (χ1) is 29.3. The maximum atomic E-state index is 13.8. The molecule has 0 spiro atoms. The van der Waals surface area contributed by atoms with Crippen molar-refractivity contribution in [2.24, 2.45) is 9.98 Å². The van der Waals surface area contributed by atoms with Gasteiger partial charge in [0, 0.05) is 105 Å². The summed E-state index contributed by atoms with van der Waals surface area (Å²) in [7, 11) is 0. The van der Waals surface area contributed by atoms with Crippen LogP contribution in [0.2, 0.25) is 0 Å². The minimum absolute atomic E-state index is 0. The molecule has 2 aromatic heterocycles. The number of nitrogens with one attached hydrogen (secondary N) is 1. The molecule has 23 heteroatoms. The zero-order chi connectivity index (χ0) is 43.9. The number of aromatic nitrogens is 2. The average molecular weight is 933 g/mol. The molecule has 0 aliphatic carbocycles. The quantitative estimate of drug-likeness (QED) is 0.0239. The van der Waals surface area contributed by atoms with Crippen LogP contribution >= 0.6 is 0 Å². The molecule has 0 aliphatic heterocycles. The van der Waals surface area contributed by atoms with Gasteiger partial charge in [0.2, 0.25) is 0 Å². The second-order valence-electron chi connectivity index (χ2n) is 14.5. The van der Waals surface area contributed by atoms with Crippen LogP contribution < -0.4 is 150 Å². The van der Waals surface area contributed by atoms with Gasteiger partial charge in [-0.05, 0) is 67.8 Å². The van der Waals surface area contributed by atoms with Crippen LogP contribution in [-0.2, 0) is 19.2 Å². The maximum absolute atomic E-state index is 13.8. The van der Waals surface area contributed by atoms with Gasteiger partial charge in [-0.2, -0.15) is 0 Å². The SMILES string of the molecule is O=C([O-])CCN(CCN=C([O-])CCN(CCNc1ccc2c3c1cccc3c(=O)n1c3ccccc3nc21)CCC([O-])=NCCN(CCC(=O)O)CCC(=O)O)CCC(=O)[O-].[Na+].[Na+].[Na+].[Na+]. The molecule has 0 saturated heterocycles. The van der Waals surface area contributed by atoms with Crippen LogP contribution in [0.15, 0.2) is 69.4 Å². The maximum Gasteiger partial charge on any atom is 1.00 e. The van der Waals surface area contributed by atoms with Crippen molar-refractivity contribution in [2.75, 3.05) is 83.9 Å². The number of imidazole rings is 1. The van der Waals surface area contributed by atoms with Crippen molar-refractivity contribution in [3.05, 3.63) is 65.0 Å². The summed E-state index contributed by atoms with van der Waals surface area (Å²) >= 11 is 0. The average Bonchev–Trinajstić information content (AvgIpc) is 3.62. The number of anilines is 1. The minimum Gasteiger partial charge on any atom is -0.862 e. The van der Waals surface area contributed by atoms with E-state index in [1.807, 2.05) is 53.4 Å². The van der Waals surface area contributed by atoms with Crippen LogP contribution in [-0.4, -0.2) is 149 Å². The predicted octanol–water partition coefficient (Wildman–Crippen LogP) is -13.5. The van der Waals surface area contributed by atoms with Crippen LogP contribution in [0.1, 0.15) is 38.5 Å². The first kappa shape index (κ1) is 60.6. The summed E-state index contributed by atoms with van der Waals surface area (Å²) in [5.74, 6) is -5.49. The molecule has 5 aromatic rings. The molecule has 0 bridgehead atoms. The number of nitrogens with zero attached hydrogens (tertiary/aromatic N) is 7. The molecular formula is C42H48N8Na4O11. The van der Waals surface area contributed by atoms with E-state index in [1.54, 1.807) is 20.3 Å². The van der Waals surface area contributed by atoms with E-state index >= 15 is 0 Å². The standard InChI is InChI=1S/C42H52N8O11.4Na/c51-34(44-17-26-48(21-12-36(53)54)22-13-37(55)56)10-19-47(20-11-35(52)45-18-27-49(23-14-38(57)58)24-15-39(59)60)25-16-43-31-9-8-29-40-28(31)4-3-5-30(40)42(61)50-33-7-2-1-6-32(33)46-41(29)50;;;;/h1-9,43H,10-27H2,(H,44,51)(H,45,52)(H,53,54)(H,55,56)(H,57,58)(H,59,60);;;;/q;4*+1/p-4. The largest absolute Gasteiger partial charge is 1.00 e. The Kier molecular flexibility index (Phi) is 28.7. The Bertz CT molecular complexity index is 2360. The van der Waals surface area contributed by atoms with Gasteiger partial charge in [0.05, 0.1) is 37.0 Å². The second kappa shape index (κ2) is 30.8. The molecule has 3 aromatic carbocycles. The summed E-state index contributed by atoms with van der Waals surface area (Å²) in [6.07, 6.45) is -1.00. The van der Waals surface area contributed by atoms with E-state index in [2.05, 4.69) is 15.3 Å². The first-order valence-corrected chi connectivity index (χ1v) is 20.0. The number of para-hydroxylation sites is 2. The Morgan fingerprint density at radius 2 is 1.08 bits per heavy atom. The summed E-state index contributed by atoms with van der Waals surface area (Å²) in [4.78, 5) is 75.8. The Balaban J connectivity index is 0.00000528. The first-order valence-electron chi connectivity index (χ1n) is 20.0. The number of aliphatic imine (C=N–C) groups is 2. The Hall–Kier alpha value is -2.44. The van der Waals surface area contributed by atoms with Crippen molar-refractivity contribution >= 4 is 79.6 Å². The third-order valence-corrected chi connectivity index (χ3v) is 10.3. The summed E-state index contributed by atoms with van der Waals surface area (Å²) in [6, 6.07) is 16.9. The number of pyridine rings is 1. The van der Waals surface area contributed by atoms with Gasteiger partial charge in [0.25, 0.3) is 5.56 Å². The molecule has 19 nitrogen and oxygen atoms in total. The summed E-state index contributed by atoms with van der Waals surface area (Å²) in [5.41, 5.74) is 2.60. The molecular weight excluding hydrogens is 884 g/mol. The van der Waals surface area contributed by atoms with Gasteiger partial charge in [-0.1, -0.05) is 24.3 Å². The van der Waals surface area contributed by atoms with Crippen molar-refractivity contribution < 1.29 is 168 Å². The number of carboxylic acids is 4. The van der Waals surface area contributed by atoms with E-state index in [-0.39, 0.29) is 228 Å². The van der Waals surface area contributed by atoms with Gasteiger partial charge in [0.1, 0.15) is 5.65 Å². The monoisotopic (exact) mass is 932 g/mol. The molecule has 2 heterocycles. The van der Waals surface area contributed by atoms with Gasteiger partial charge in [0.15, 0.2) is 0 Å². The molecule has 326 valence electrons. The third-order valence-electron chi connectivity index (χ3n) is 10.3. The predicted molar refractivity (Wildman–Crippen MR) is 221 cm³/mol. The minimum atomic E-state index is -1.29. The van der Waals surface area contributed by atoms with Crippen molar-refractivity contribution in [3.63, 3.8) is 0 Å². The van der Waals surface area contributed by atoms with Crippen LogP contribution in [0.25, 0.3) is 38.2 Å². The van der Waals surface area contributed by atoms with Crippen LogP contribution in [0.5, 0.6) is 0 Å². The molecule has 0 radical (unpaired) electrons. The third kappa shape index (κ3) is 18.9.